The highest BCUT2D eigenvalue weighted by Gasteiger charge is 2.38. The normalized spacial score (nSPS) is 17.8. The Kier molecular flexibility index (Phi) is 5.58. The van der Waals surface area contributed by atoms with Crippen LogP contribution >= 0.6 is 15.9 Å². The topological polar surface area (TPSA) is 56.8 Å². The van der Waals surface area contributed by atoms with Crippen molar-refractivity contribution in [3.63, 3.8) is 0 Å². The molecule has 2 aromatic carbocycles. The number of rotatable bonds is 5. The van der Waals surface area contributed by atoms with Crippen LogP contribution in [0.1, 0.15) is 37.8 Å². The van der Waals surface area contributed by atoms with Crippen molar-refractivity contribution in [3.05, 3.63) is 58.1 Å². The second-order valence-corrected chi connectivity index (χ2v) is 9.19. The molecule has 0 unspecified atom stereocenters. The molecule has 2 aliphatic heterocycles. The first kappa shape index (κ1) is 20.2. The fourth-order valence-electron chi connectivity index (χ4n) is 4.02. The largest absolute Gasteiger partial charge is 0.454 e. The molecule has 0 radical (unpaired) electrons. The first-order valence-corrected chi connectivity index (χ1v) is 10.7. The molecule has 0 bridgehead atoms. The number of nitrogens with one attached hydrogen (secondary N) is 1. The lowest BCUT2D eigenvalue weighted by molar-refractivity contribution is -0.126. The van der Waals surface area contributed by atoms with Crippen LogP contribution in [0.4, 0.5) is 0 Å². The fourth-order valence-corrected chi connectivity index (χ4v) is 4.29. The SMILES string of the molecule is CC(C)(C(=O)NCC1(c2ccc3c(c2)OCO3)CCOCC1)c1ccc(Br)cc1. The van der Waals surface area contributed by atoms with Gasteiger partial charge in [0.05, 0.1) is 5.41 Å². The molecular formula is C23H26BrNO4. The highest BCUT2D eigenvalue weighted by atomic mass is 79.9. The molecule has 154 valence electrons. The van der Waals surface area contributed by atoms with E-state index >= 15 is 0 Å². The maximum absolute atomic E-state index is 13.2. The zero-order valence-corrected chi connectivity index (χ0v) is 18.4. The van der Waals surface area contributed by atoms with Crippen LogP contribution in [0.25, 0.3) is 0 Å². The standard InChI is InChI=1S/C23H26BrNO4/c1-22(2,16-3-6-18(24)7-4-16)21(26)25-14-23(9-11-27-12-10-23)17-5-8-19-20(13-17)29-15-28-19/h3-8,13H,9-12,14-15H2,1-2H3,(H,25,26). The molecule has 0 aromatic heterocycles. The van der Waals surface area contributed by atoms with Gasteiger partial charge in [0.2, 0.25) is 12.7 Å². The molecule has 5 nitrogen and oxygen atoms in total. The highest BCUT2D eigenvalue weighted by molar-refractivity contribution is 9.10. The highest BCUT2D eigenvalue weighted by Crippen LogP contribution is 2.40. The lowest BCUT2D eigenvalue weighted by Crippen LogP contribution is -2.48. The molecule has 2 aliphatic rings. The van der Waals surface area contributed by atoms with E-state index in [0.29, 0.717) is 19.8 Å². The minimum atomic E-state index is -0.623. The van der Waals surface area contributed by atoms with Crippen molar-refractivity contribution in [2.75, 3.05) is 26.6 Å². The van der Waals surface area contributed by atoms with E-state index in [4.69, 9.17) is 14.2 Å². The summed E-state index contributed by atoms with van der Waals surface area (Å²) in [6, 6.07) is 14.0. The molecule has 0 saturated carbocycles. The van der Waals surface area contributed by atoms with Crippen LogP contribution in [-0.2, 0) is 20.4 Å². The molecule has 2 heterocycles. The summed E-state index contributed by atoms with van der Waals surface area (Å²) in [5.41, 5.74) is 1.35. The first-order valence-electron chi connectivity index (χ1n) is 9.93. The Balaban J connectivity index is 1.54. The van der Waals surface area contributed by atoms with Crippen LogP contribution in [0.2, 0.25) is 0 Å². The van der Waals surface area contributed by atoms with Gasteiger partial charge in [0.1, 0.15) is 0 Å². The molecule has 0 spiro atoms. The smallest absolute Gasteiger partial charge is 0.231 e. The van der Waals surface area contributed by atoms with Crippen molar-refractivity contribution in [1.82, 2.24) is 5.32 Å². The van der Waals surface area contributed by atoms with Crippen LogP contribution in [0, 0.1) is 0 Å². The number of hydrogen-bond acceptors (Lipinski definition) is 4. The average molecular weight is 460 g/mol. The van der Waals surface area contributed by atoms with Crippen LogP contribution in [-0.4, -0.2) is 32.5 Å². The number of ether oxygens (including phenoxy) is 3. The molecule has 1 amide bonds. The number of carbonyl (C=O) groups excluding carboxylic acids is 1. The Labute approximate surface area is 179 Å². The predicted octanol–water partition coefficient (Wildman–Crippen LogP) is 4.32. The quantitative estimate of drug-likeness (QED) is 0.722. The lowest BCUT2D eigenvalue weighted by atomic mass is 9.73. The van der Waals surface area contributed by atoms with Crippen molar-refractivity contribution in [2.24, 2.45) is 0 Å². The van der Waals surface area contributed by atoms with Gasteiger partial charge in [-0.3, -0.25) is 4.79 Å². The zero-order chi connectivity index (χ0) is 20.5. The maximum Gasteiger partial charge on any atom is 0.231 e. The Hall–Kier alpha value is -2.05. The summed E-state index contributed by atoms with van der Waals surface area (Å²) in [4.78, 5) is 13.2. The van der Waals surface area contributed by atoms with E-state index in [2.05, 4.69) is 33.4 Å². The van der Waals surface area contributed by atoms with Crippen molar-refractivity contribution >= 4 is 21.8 Å². The van der Waals surface area contributed by atoms with E-state index < -0.39 is 5.41 Å². The minimum Gasteiger partial charge on any atom is -0.454 e. The van der Waals surface area contributed by atoms with Gasteiger partial charge in [-0.2, -0.15) is 0 Å². The third kappa shape index (κ3) is 4.01. The minimum absolute atomic E-state index is 0.0198. The molecule has 0 aliphatic carbocycles. The molecule has 4 rings (SSSR count). The van der Waals surface area contributed by atoms with Gasteiger partial charge in [-0.1, -0.05) is 34.1 Å². The number of carbonyl (C=O) groups is 1. The second-order valence-electron chi connectivity index (χ2n) is 8.28. The van der Waals surface area contributed by atoms with Gasteiger partial charge >= 0.3 is 0 Å². The zero-order valence-electron chi connectivity index (χ0n) is 16.8. The van der Waals surface area contributed by atoms with Gasteiger partial charge in [0.15, 0.2) is 11.5 Å². The van der Waals surface area contributed by atoms with E-state index in [1.807, 2.05) is 44.2 Å². The number of halogens is 1. The fraction of sp³-hybridized carbons (Fsp3) is 0.435. The van der Waals surface area contributed by atoms with Crippen molar-refractivity contribution < 1.29 is 19.0 Å². The van der Waals surface area contributed by atoms with Crippen molar-refractivity contribution in [1.29, 1.82) is 0 Å². The number of benzene rings is 2. The van der Waals surface area contributed by atoms with Crippen molar-refractivity contribution in [2.45, 2.75) is 37.5 Å². The summed E-state index contributed by atoms with van der Waals surface area (Å²) in [5, 5.41) is 3.23. The number of amides is 1. The summed E-state index contributed by atoms with van der Waals surface area (Å²) >= 11 is 3.45. The van der Waals surface area contributed by atoms with Gasteiger partial charge in [-0.05, 0) is 62.1 Å². The van der Waals surface area contributed by atoms with E-state index in [1.54, 1.807) is 0 Å². The van der Waals surface area contributed by atoms with Gasteiger partial charge in [0, 0.05) is 29.6 Å². The second kappa shape index (κ2) is 8.00. The van der Waals surface area contributed by atoms with Gasteiger partial charge in [-0.15, -0.1) is 0 Å². The van der Waals surface area contributed by atoms with Gasteiger partial charge in [0.25, 0.3) is 0 Å². The molecule has 2 aromatic rings. The Morgan fingerprint density at radius 1 is 1.07 bits per heavy atom. The first-order chi connectivity index (χ1) is 13.9. The summed E-state index contributed by atoms with van der Waals surface area (Å²) in [5.74, 6) is 1.57. The van der Waals surface area contributed by atoms with E-state index in [-0.39, 0.29) is 18.1 Å². The summed E-state index contributed by atoms with van der Waals surface area (Å²) in [6.45, 7) is 6.11. The van der Waals surface area contributed by atoms with Gasteiger partial charge in [-0.25, -0.2) is 0 Å². The molecule has 1 saturated heterocycles. The maximum atomic E-state index is 13.2. The van der Waals surface area contributed by atoms with Crippen molar-refractivity contribution in [3.8, 4) is 11.5 Å². The third-order valence-electron chi connectivity index (χ3n) is 6.16. The van der Waals surface area contributed by atoms with E-state index in [9.17, 15) is 4.79 Å². The Morgan fingerprint density at radius 3 is 2.48 bits per heavy atom. The average Bonchev–Trinajstić information content (AvgIpc) is 3.21. The molecular weight excluding hydrogens is 434 g/mol. The van der Waals surface area contributed by atoms with E-state index in [0.717, 1.165) is 39.9 Å². The molecule has 29 heavy (non-hydrogen) atoms. The summed E-state index contributed by atoms with van der Waals surface area (Å²) < 4.78 is 17.7. The Morgan fingerprint density at radius 2 is 1.76 bits per heavy atom. The molecule has 6 heteroatoms. The Bertz CT molecular complexity index is 888. The van der Waals surface area contributed by atoms with Crippen LogP contribution in [0.15, 0.2) is 46.9 Å². The third-order valence-corrected chi connectivity index (χ3v) is 6.68. The van der Waals surface area contributed by atoms with Crippen LogP contribution in [0.5, 0.6) is 11.5 Å². The number of fused-ring (bicyclic) bond motifs is 1. The lowest BCUT2D eigenvalue weighted by Gasteiger charge is -2.39. The predicted molar refractivity (Wildman–Crippen MR) is 114 cm³/mol. The molecule has 1 N–H and O–H groups in total. The number of hydrogen-bond donors (Lipinski definition) is 1. The van der Waals surface area contributed by atoms with E-state index in [1.165, 1.54) is 0 Å². The summed E-state index contributed by atoms with van der Waals surface area (Å²) in [6.07, 6.45) is 1.71. The monoisotopic (exact) mass is 459 g/mol. The van der Waals surface area contributed by atoms with Crippen LogP contribution in [0.3, 0.4) is 0 Å². The van der Waals surface area contributed by atoms with Crippen LogP contribution < -0.4 is 14.8 Å². The molecule has 0 atom stereocenters. The van der Waals surface area contributed by atoms with Gasteiger partial charge < -0.3 is 19.5 Å². The summed E-state index contributed by atoms with van der Waals surface area (Å²) in [7, 11) is 0. The molecule has 1 fully saturated rings.